The minimum atomic E-state index is -0.736. The van der Waals surface area contributed by atoms with E-state index in [9.17, 15) is 14.4 Å². The van der Waals surface area contributed by atoms with E-state index in [2.05, 4.69) is 25.6 Å². The summed E-state index contributed by atoms with van der Waals surface area (Å²) in [5, 5.41) is 15.7. The topological polar surface area (TPSA) is 136 Å². The van der Waals surface area contributed by atoms with Gasteiger partial charge < -0.3 is 10.1 Å². The summed E-state index contributed by atoms with van der Waals surface area (Å²) < 4.78 is 7.71. The van der Waals surface area contributed by atoms with Crippen LogP contribution in [0.4, 0.5) is 0 Å². The number of nitrogens with one attached hydrogen (secondary N) is 2. The average molecular weight is 623 g/mol. The van der Waals surface area contributed by atoms with E-state index < -0.39 is 11.5 Å². The summed E-state index contributed by atoms with van der Waals surface area (Å²) >= 11 is 18.9. The van der Waals surface area contributed by atoms with Crippen molar-refractivity contribution in [3.8, 4) is 5.69 Å². The number of carbonyl (C=O) groups excluding carboxylic acids is 2. The summed E-state index contributed by atoms with van der Waals surface area (Å²) in [5.41, 5.74) is 0.875. The number of hydrogen-bond acceptors (Lipinski definition) is 7. The molecule has 41 heavy (non-hydrogen) atoms. The molecule has 0 bridgehead atoms. The molecule has 11 nitrogen and oxygen atoms in total. The van der Waals surface area contributed by atoms with E-state index in [1.165, 1.54) is 16.8 Å². The molecule has 4 aromatic rings. The molecule has 1 unspecified atom stereocenters. The Morgan fingerprint density at radius 3 is 2.39 bits per heavy atom. The lowest BCUT2D eigenvalue weighted by atomic mass is 10.0. The van der Waals surface area contributed by atoms with Gasteiger partial charge in [-0.2, -0.15) is 5.10 Å². The van der Waals surface area contributed by atoms with Crippen molar-refractivity contribution in [2.24, 2.45) is 5.92 Å². The number of hydrogen-bond donors (Lipinski definition) is 2. The second-order valence-corrected chi connectivity index (χ2v) is 11.4. The number of amides is 1. The van der Waals surface area contributed by atoms with Gasteiger partial charge >= 0.3 is 5.97 Å². The van der Waals surface area contributed by atoms with Crippen LogP contribution in [0.2, 0.25) is 15.1 Å². The van der Waals surface area contributed by atoms with Crippen LogP contribution in [-0.2, 0) is 9.53 Å². The highest BCUT2D eigenvalue weighted by Gasteiger charge is 2.27. The molecule has 4 rings (SSSR count). The van der Waals surface area contributed by atoms with Crippen LogP contribution >= 0.6 is 34.8 Å². The van der Waals surface area contributed by atoms with Crippen LogP contribution in [0.1, 0.15) is 74.5 Å². The molecule has 0 radical (unpaired) electrons. The molecule has 218 valence electrons. The first-order valence-electron chi connectivity index (χ1n) is 13.0. The smallest absolute Gasteiger partial charge is 0.357 e. The lowest BCUT2D eigenvalue weighted by molar-refractivity contribution is -0.121. The summed E-state index contributed by atoms with van der Waals surface area (Å²) in [6.45, 7) is 11.4. The van der Waals surface area contributed by atoms with E-state index in [0.717, 1.165) is 4.68 Å². The fraction of sp³-hybridized carbons (Fsp3) is 0.407. The van der Waals surface area contributed by atoms with Crippen LogP contribution < -0.4 is 16.1 Å². The lowest BCUT2D eigenvalue weighted by Gasteiger charge is -2.10. The normalized spacial score (nSPS) is 13.1. The molecular formula is C27H30Cl3N7O4. The maximum absolute atomic E-state index is 13.9. The molecule has 1 atom stereocenters. The van der Waals surface area contributed by atoms with Gasteiger partial charge in [0.1, 0.15) is 5.69 Å². The summed E-state index contributed by atoms with van der Waals surface area (Å²) in [7, 11) is 0. The third-order valence-electron chi connectivity index (χ3n) is 6.40. The third kappa shape index (κ3) is 6.12. The van der Waals surface area contributed by atoms with Crippen molar-refractivity contribution < 1.29 is 14.3 Å². The highest BCUT2D eigenvalue weighted by molar-refractivity contribution is 6.40. The molecule has 0 aliphatic carbocycles. The fourth-order valence-electron chi connectivity index (χ4n) is 4.52. The first-order chi connectivity index (χ1) is 19.3. The van der Waals surface area contributed by atoms with Crippen LogP contribution in [0.15, 0.2) is 16.9 Å². The maximum Gasteiger partial charge on any atom is 0.357 e. The monoisotopic (exact) mass is 621 g/mol. The molecule has 0 saturated carbocycles. The van der Waals surface area contributed by atoms with Crippen LogP contribution in [0.25, 0.3) is 16.9 Å². The molecular weight excluding hydrogens is 593 g/mol. The number of benzene rings is 1. The van der Waals surface area contributed by atoms with Crippen LogP contribution in [0.5, 0.6) is 0 Å². The van der Waals surface area contributed by atoms with E-state index in [4.69, 9.17) is 39.5 Å². The van der Waals surface area contributed by atoms with Gasteiger partial charge in [0.25, 0.3) is 5.56 Å². The largest absolute Gasteiger partial charge is 0.461 e. The number of H-pyrrole nitrogens is 1. The maximum atomic E-state index is 13.9. The predicted octanol–water partition coefficient (Wildman–Crippen LogP) is 4.25. The molecule has 0 spiro atoms. The Bertz CT molecular complexity index is 1730. The zero-order chi connectivity index (χ0) is 30.2. The number of nitrogens with zero attached hydrogens (tertiary/aromatic N) is 5. The minimum absolute atomic E-state index is 0.0416. The van der Waals surface area contributed by atoms with E-state index in [-0.39, 0.29) is 56.4 Å². The Balaban J connectivity index is 1.87. The predicted molar refractivity (Wildman–Crippen MR) is 157 cm³/mol. The summed E-state index contributed by atoms with van der Waals surface area (Å²) in [4.78, 5) is 43.7. The van der Waals surface area contributed by atoms with Gasteiger partial charge in [-0.3, -0.25) is 14.7 Å². The lowest BCUT2D eigenvalue weighted by Crippen LogP contribution is -2.28. The highest BCUT2D eigenvalue weighted by atomic mass is 35.5. The zero-order valence-electron chi connectivity index (χ0n) is 23.4. The number of aromatic nitrogens is 6. The van der Waals surface area contributed by atoms with Gasteiger partial charge in [0.2, 0.25) is 5.91 Å². The Kier molecular flexibility index (Phi) is 9.10. The minimum Gasteiger partial charge on any atom is -0.461 e. The summed E-state index contributed by atoms with van der Waals surface area (Å²) in [5.74, 6) is -0.254. The first kappa shape index (κ1) is 30.5. The molecule has 3 heterocycles. The highest BCUT2D eigenvalue weighted by Crippen LogP contribution is 2.32. The number of aryl methyl sites for hydroxylation is 1. The van der Waals surface area contributed by atoms with Crippen molar-refractivity contribution in [1.29, 1.82) is 0 Å². The molecule has 1 amide bonds. The quantitative estimate of drug-likeness (QED) is 0.266. The molecule has 3 aromatic heterocycles. The van der Waals surface area contributed by atoms with E-state index >= 15 is 0 Å². The number of esters is 1. The first-order valence-corrected chi connectivity index (χ1v) is 14.2. The Morgan fingerprint density at radius 1 is 1.12 bits per heavy atom. The van der Waals surface area contributed by atoms with E-state index in [1.807, 2.05) is 20.8 Å². The number of carbonyl (C=O) groups is 2. The number of halogens is 3. The molecule has 1 aromatic carbocycles. The van der Waals surface area contributed by atoms with Gasteiger partial charge in [0.05, 0.1) is 27.9 Å². The van der Waals surface area contributed by atoms with Gasteiger partial charge in [-0.25, -0.2) is 14.5 Å². The molecule has 0 aliphatic rings. The molecule has 0 aliphatic heterocycles. The Labute approximate surface area is 250 Å². The van der Waals surface area contributed by atoms with Gasteiger partial charge in [0.15, 0.2) is 17.2 Å². The van der Waals surface area contributed by atoms with Gasteiger partial charge in [-0.15, -0.1) is 9.73 Å². The summed E-state index contributed by atoms with van der Waals surface area (Å²) in [6, 6.07) is 2.88. The van der Waals surface area contributed by atoms with Crippen LogP contribution in [0, 0.1) is 12.8 Å². The van der Waals surface area contributed by atoms with Crippen molar-refractivity contribution in [2.75, 3.05) is 13.2 Å². The van der Waals surface area contributed by atoms with Crippen LogP contribution in [0.3, 0.4) is 0 Å². The molecule has 0 fully saturated rings. The van der Waals surface area contributed by atoms with Gasteiger partial charge in [-0.05, 0) is 44.4 Å². The Morgan fingerprint density at radius 2 is 1.78 bits per heavy atom. The van der Waals surface area contributed by atoms with Crippen molar-refractivity contribution >= 4 is 57.9 Å². The second-order valence-electron chi connectivity index (χ2n) is 10.1. The van der Waals surface area contributed by atoms with Crippen molar-refractivity contribution in [2.45, 2.75) is 53.9 Å². The number of ether oxygens (including phenoxy) is 1. The third-order valence-corrected chi connectivity index (χ3v) is 7.20. The van der Waals surface area contributed by atoms with E-state index in [1.54, 1.807) is 20.8 Å². The van der Waals surface area contributed by atoms with Gasteiger partial charge in [0, 0.05) is 29.1 Å². The number of aromatic amines is 1. The van der Waals surface area contributed by atoms with Gasteiger partial charge in [-0.1, -0.05) is 55.6 Å². The second kappa shape index (κ2) is 12.2. The van der Waals surface area contributed by atoms with Crippen molar-refractivity contribution in [1.82, 2.24) is 34.9 Å². The fourth-order valence-corrected chi connectivity index (χ4v) is 5.50. The molecule has 14 heteroatoms. The average Bonchev–Trinajstić information content (AvgIpc) is 3.52. The standard InChI is InChI=1S/C27H30Cl3N7O4/c1-7-41-27(40)22-21(26(39)36(34-22)23-17(29)9-16(28)10-18(23)30)14(5)20-15(6)33-37-25(20)32-24(35-37)13(4)11-31-19(38)8-12(2)3/h9-10,12-13,34H,7-8,11H2,1-6H3,(H,31,38)/b20-14-. The molecule has 0 saturated heterocycles. The number of rotatable bonds is 9. The number of fused-ring (bicyclic) bond motifs is 1. The van der Waals surface area contributed by atoms with E-state index in [0.29, 0.717) is 40.9 Å². The molecule has 2 N–H and O–H groups in total. The summed E-state index contributed by atoms with van der Waals surface area (Å²) in [6.07, 6.45) is 0.429. The SMILES string of the molecule is CCOC(=O)c1[nH]n(-c2c(Cl)cc(Cl)cc2Cl)c(=O)c1/C(C)=c1/c(C)nn2nc(C(C)CNC(=O)CC(C)C)nc12. The Hall–Kier alpha value is -3.41. The van der Waals surface area contributed by atoms with Crippen LogP contribution in [-0.4, -0.2) is 54.6 Å². The van der Waals surface area contributed by atoms with Crippen molar-refractivity contribution in [3.05, 3.63) is 65.5 Å². The van der Waals surface area contributed by atoms with Crippen molar-refractivity contribution in [3.63, 3.8) is 0 Å². The zero-order valence-corrected chi connectivity index (χ0v) is 25.7.